The second kappa shape index (κ2) is 23.0. The standard InChI is InChI=1S/C36H57N3O28/c1-7(43)37-13-19(49)16(46)10(4-40)60-33(13)64-26-20(50)23(53)36(67-28(26)30(54)55)63-25-15(39-9(3)45)34(61-12(6-42)18(25)48)65-27-21(51)22(52)35(66-29(27)31(56)57)62-24-14(38-8(2)44)32(58)59-11(5-41)17(24)47/h10-29,32-36,40-42,46-53,58H,4-6H2,1-3H3,(H,37,43)(H,38,44)(H,39,45)(H,54,55)(H,56,57)/t10-,11-,12-,13-,14-,15-,16-,17-,18-,19-,20-,21-,22-,23-,24-,25-,26+,27+,28+,29+,32?,33+,34+,35-,36-/m1/s1. The molecule has 0 aliphatic carbocycles. The third-order valence-corrected chi connectivity index (χ3v) is 11.5. The maximum Gasteiger partial charge on any atom is 0.335 e. The lowest BCUT2D eigenvalue weighted by atomic mass is 9.93. The summed E-state index contributed by atoms with van der Waals surface area (Å²) >= 11 is 0. The number of hydrogen-bond donors (Lipinski definition) is 17. The number of nitrogens with one attached hydrogen (secondary N) is 3. The fourth-order valence-corrected chi connectivity index (χ4v) is 8.17. The van der Waals surface area contributed by atoms with Gasteiger partial charge in [-0.15, -0.1) is 0 Å². The van der Waals surface area contributed by atoms with Gasteiger partial charge < -0.3 is 130 Å². The van der Waals surface area contributed by atoms with Gasteiger partial charge in [0.1, 0.15) is 110 Å². The second-order valence-electron chi connectivity index (χ2n) is 16.2. The molecule has 0 aromatic heterocycles. The van der Waals surface area contributed by atoms with E-state index in [1.165, 1.54) is 0 Å². The van der Waals surface area contributed by atoms with E-state index in [4.69, 9.17) is 42.6 Å². The normalized spacial score (nSPS) is 45.9. The zero-order chi connectivity index (χ0) is 49.9. The molecule has 0 spiro atoms. The summed E-state index contributed by atoms with van der Waals surface area (Å²) in [5.41, 5.74) is 0. The maximum absolute atomic E-state index is 12.7. The molecule has 3 amide bonds. The fourth-order valence-electron chi connectivity index (χ4n) is 8.17. The van der Waals surface area contributed by atoms with Crippen molar-refractivity contribution in [3.8, 4) is 0 Å². The molecule has 67 heavy (non-hydrogen) atoms. The molecule has 0 saturated carbocycles. The molecule has 17 N–H and O–H groups in total. The van der Waals surface area contributed by atoms with Gasteiger partial charge in [0, 0.05) is 20.8 Å². The van der Waals surface area contributed by atoms with Crippen LogP contribution >= 0.6 is 0 Å². The third-order valence-electron chi connectivity index (χ3n) is 11.5. The molecule has 5 saturated heterocycles. The number of carboxylic acids is 2. The number of carbonyl (C=O) groups is 5. The van der Waals surface area contributed by atoms with Crippen LogP contribution in [-0.2, 0) is 66.6 Å². The Labute approximate surface area is 377 Å². The van der Waals surface area contributed by atoms with Crippen molar-refractivity contribution in [1.82, 2.24) is 16.0 Å². The lowest BCUT2D eigenvalue weighted by Gasteiger charge is -2.50. The lowest BCUT2D eigenvalue weighted by molar-refractivity contribution is -0.374. The minimum Gasteiger partial charge on any atom is -0.479 e. The lowest BCUT2D eigenvalue weighted by Crippen LogP contribution is -2.71. The number of aliphatic hydroxyl groups excluding tert-OH is 12. The topological polar surface area (TPSA) is 488 Å². The number of ether oxygens (including phenoxy) is 9. The van der Waals surface area contributed by atoms with Crippen LogP contribution in [0.2, 0.25) is 0 Å². The first-order valence-electron chi connectivity index (χ1n) is 20.6. The van der Waals surface area contributed by atoms with Crippen LogP contribution in [0.5, 0.6) is 0 Å². The SMILES string of the molecule is CC(=O)N[C@H]1[C@H](O[C@H]2[C@H](O)[C@@H](O)[C@H](O[C@H]3[C@H](O)[C@@H](CO)O[C@@H](O[C@H]4[C@H](O)[C@@H](O)[C@H](O[C@H]5[C@H](O)[C@@H](CO)OC(O)[C@@H]5NC(C)=O)O[C@@H]4C(=O)O)[C@@H]3NC(C)=O)O[C@@H]2C(=O)O)O[C@H](CO)[C@@H](O)[C@@H]1O. The molecule has 25 atom stereocenters. The van der Waals surface area contributed by atoms with Crippen LogP contribution < -0.4 is 16.0 Å². The minimum absolute atomic E-state index is 0.780. The van der Waals surface area contributed by atoms with E-state index in [0.717, 1.165) is 20.8 Å². The Hall–Kier alpha value is -3.49. The summed E-state index contributed by atoms with van der Waals surface area (Å²) < 4.78 is 49.9. The molecule has 0 aromatic carbocycles. The molecule has 5 aliphatic heterocycles. The largest absolute Gasteiger partial charge is 0.479 e. The first kappa shape index (κ1) is 54.5. The summed E-state index contributed by atoms with van der Waals surface area (Å²) in [6.45, 7) is 0.0384. The van der Waals surface area contributed by atoms with Crippen LogP contribution in [0.1, 0.15) is 20.8 Å². The summed E-state index contributed by atoms with van der Waals surface area (Å²) in [4.78, 5) is 61.7. The van der Waals surface area contributed by atoms with Gasteiger partial charge in [-0.1, -0.05) is 0 Å². The molecule has 5 aliphatic rings. The zero-order valence-corrected chi connectivity index (χ0v) is 35.5. The summed E-state index contributed by atoms with van der Waals surface area (Å²) in [7, 11) is 0. The average molecular weight is 980 g/mol. The molecule has 0 aromatic rings. The van der Waals surface area contributed by atoms with Gasteiger partial charge >= 0.3 is 11.9 Å². The number of aliphatic carboxylic acids is 2. The van der Waals surface area contributed by atoms with Gasteiger partial charge in [0.15, 0.2) is 43.7 Å². The third kappa shape index (κ3) is 11.9. The molecule has 384 valence electrons. The van der Waals surface area contributed by atoms with Gasteiger partial charge in [0.2, 0.25) is 17.7 Å². The van der Waals surface area contributed by atoms with Crippen LogP contribution in [0, 0.1) is 0 Å². The van der Waals surface area contributed by atoms with E-state index in [-0.39, 0.29) is 0 Å². The van der Waals surface area contributed by atoms with Crippen molar-refractivity contribution in [2.75, 3.05) is 19.8 Å². The maximum atomic E-state index is 12.7. The first-order valence-corrected chi connectivity index (χ1v) is 20.6. The Balaban J connectivity index is 1.40. The molecular weight excluding hydrogens is 922 g/mol. The van der Waals surface area contributed by atoms with Crippen molar-refractivity contribution in [3.63, 3.8) is 0 Å². The van der Waals surface area contributed by atoms with Gasteiger partial charge in [-0.05, 0) is 0 Å². The molecule has 5 fully saturated rings. The van der Waals surface area contributed by atoms with Crippen LogP contribution in [-0.4, -0.2) is 274 Å². The highest BCUT2D eigenvalue weighted by Crippen LogP contribution is 2.36. The summed E-state index contributed by atoms with van der Waals surface area (Å²) in [5, 5.41) is 156. The van der Waals surface area contributed by atoms with E-state index in [9.17, 15) is 95.5 Å². The van der Waals surface area contributed by atoms with E-state index in [1.54, 1.807) is 0 Å². The van der Waals surface area contributed by atoms with Crippen molar-refractivity contribution in [2.45, 2.75) is 174 Å². The number of amides is 3. The second-order valence-corrected chi connectivity index (χ2v) is 16.2. The van der Waals surface area contributed by atoms with Crippen molar-refractivity contribution in [3.05, 3.63) is 0 Å². The molecule has 0 bridgehead atoms. The minimum atomic E-state index is -2.38. The molecule has 31 nitrogen and oxygen atoms in total. The highest BCUT2D eigenvalue weighted by Gasteiger charge is 2.59. The highest BCUT2D eigenvalue weighted by atomic mass is 16.8. The van der Waals surface area contributed by atoms with Gasteiger partial charge in [0.05, 0.1) is 19.8 Å². The highest BCUT2D eigenvalue weighted by molar-refractivity contribution is 5.75. The van der Waals surface area contributed by atoms with E-state index in [0.29, 0.717) is 0 Å². The molecule has 5 heterocycles. The summed E-state index contributed by atoms with van der Waals surface area (Å²) in [6.07, 6.45) is -45.5. The number of hydrogen-bond acceptors (Lipinski definition) is 26. The Kier molecular flexibility index (Phi) is 18.7. The van der Waals surface area contributed by atoms with Crippen LogP contribution in [0.4, 0.5) is 0 Å². The van der Waals surface area contributed by atoms with Crippen LogP contribution in [0.3, 0.4) is 0 Å². The van der Waals surface area contributed by atoms with Gasteiger partial charge in [-0.3, -0.25) is 14.4 Å². The van der Waals surface area contributed by atoms with Crippen molar-refractivity contribution in [1.29, 1.82) is 0 Å². The zero-order valence-electron chi connectivity index (χ0n) is 35.5. The Bertz CT molecular complexity index is 1720. The van der Waals surface area contributed by atoms with Crippen molar-refractivity contribution < 1.29 is 138 Å². The van der Waals surface area contributed by atoms with Crippen LogP contribution in [0.15, 0.2) is 0 Å². The van der Waals surface area contributed by atoms with E-state index < -0.39 is 203 Å². The van der Waals surface area contributed by atoms with E-state index in [2.05, 4.69) is 16.0 Å². The molecule has 0 radical (unpaired) electrons. The van der Waals surface area contributed by atoms with Crippen LogP contribution in [0.25, 0.3) is 0 Å². The number of carbonyl (C=O) groups excluding carboxylic acids is 3. The fraction of sp³-hybridized carbons (Fsp3) is 0.861. The monoisotopic (exact) mass is 979 g/mol. The number of aliphatic hydroxyl groups is 12. The molecule has 5 rings (SSSR count). The first-order chi connectivity index (χ1) is 31.4. The molecule has 31 heteroatoms. The Morgan fingerprint density at radius 1 is 0.403 bits per heavy atom. The molecule has 1 unspecified atom stereocenters. The Morgan fingerprint density at radius 2 is 0.746 bits per heavy atom. The van der Waals surface area contributed by atoms with Crippen molar-refractivity contribution in [2.24, 2.45) is 0 Å². The van der Waals surface area contributed by atoms with Gasteiger partial charge in [-0.25, -0.2) is 9.59 Å². The van der Waals surface area contributed by atoms with Gasteiger partial charge in [0.25, 0.3) is 0 Å². The average Bonchev–Trinajstić information content (AvgIpc) is 3.25. The smallest absolute Gasteiger partial charge is 0.335 e. The van der Waals surface area contributed by atoms with E-state index in [1.807, 2.05) is 0 Å². The van der Waals surface area contributed by atoms with E-state index >= 15 is 0 Å². The predicted octanol–water partition coefficient (Wildman–Crippen LogP) is -11.3. The summed E-state index contributed by atoms with van der Waals surface area (Å²) in [6, 6.07) is -5.20. The Morgan fingerprint density at radius 3 is 1.15 bits per heavy atom. The quantitative estimate of drug-likeness (QED) is 0.0683. The van der Waals surface area contributed by atoms with Gasteiger partial charge in [-0.2, -0.15) is 0 Å². The molecular formula is C36H57N3O28. The van der Waals surface area contributed by atoms with Crippen molar-refractivity contribution >= 4 is 29.7 Å². The predicted molar refractivity (Wildman–Crippen MR) is 202 cm³/mol. The summed E-state index contributed by atoms with van der Waals surface area (Å²) in [5.74, 6) is -6.33. The number of rotatable bonds is 16. The number of carboxylic acid groups (broad SMARTS) is 2.